The van der Waals surface area contributed by atoms with Crippen LogP contribution < -0.4 is 0 Å². The third-order valence-corrected chi connectivity index (χ3v) is 1.91. The van der Waals surface area contributed by atoms with Crippen molar-refractivity contribution in [2.45, 2.75) is 34.1 Å². The minimum atomic E-state index is -0.392. The lowest BCUT2D eigenvalue weighted by molar-refractivity contribution is -0.166. The van der Waals surface area contributed by atoms with Crippen LogP contribution in [0.2, 0.25) is 0 Å². The van der Waals surface area contributed by atoms with Crippen LogP contribution in [-0.2, 0) is 14.3 Å². The molecular weight excluding hydrogens is 156 g/mol. The van der Waals surface area contributed by atoms with Gasteiger partial charge in [0, 0.05) is 6.61 Å². The number of hydrogen-bond donors (Lipinski definition) is 0. The number of ether oxygens (including phenoxy) is 2. The Hall–Kier alpha value is -0.570. The van der Waals surface area contributed by atoms with Gasteiger partial charge in [0.2, 0.25) is 0 Å². The molecule has 0 aromatic heterocycles. The van der Waals surface area contributed by atoms with E-state index in [1.165, 1.54) is 0 Å². The lowest BCUT2D eigenvalue weighted by Crippen LogP contribution is -2.26. The van der Waals surface area contributed by atoms with Crippen LogP contribution in [0.4, 0.5) is 0 Å². The first-order valence-corrected chi connectivity index (χ1v) is 4.29. The molecule has 3 heteroatoms. The minimum Gasteiger partial charge on any atom is -0.438 e. The third-order valence-electron chi connectivity index (χ3n) is 1.91. The first kappa shape index (κ1) is 11.4. The van der Waals surface area contributed by atoms with E-state index in [2.05, 4.69) is 0 Å². The van der Waals surface area contributed by atoms with Crippen LogP contribution in [-0.4, -0.2) is 19.4 Å². The molecule has 0 unspecified atom stereocenters. The second-order valence-electron chi connectivity index (χ2n) is 3.28. The molecule has 0 rings (SSSR count). The summed E-state index contributed by atoms with van der Waals surface area (Å²) in [4.78, 5) is 11.3. The Balaban J connectivity index is 3.72. The summed E-state index contributed by atoms with van der Waals surface area (Å²) < 4.78 is 9.78. The van der Waals surface area contributed by atoms with Crippen LogP contribution in [0.5, 0.6) is 0 Å². The minimum absolute atomic E-state index is 0.0682. The van der Waals surface area contributed by atoms with E-state index >= 15 is 0 Å². The Kier molecular flexibility index (Phi) is 4.90. The van der Waals surface area contributed by atoms with Crippen molar-refractivity contribution in [3.05, 3.63) is 0 Å². The van der Waals surface area contributed by atoms with Crippen molar-refractivity contribution >= 4 is 5.97 Å². The van der Waals surface area contributed by atoms with Crippen LogP contribution in [0.25, 0.3) is 0 Å². The highest BCUT2D eigenvalue weighted by molar-refractivity contribution is 5.75. The van der Waals surface area contributed by atoms with Crippen molar-refractivity contribution < 1.29 is 14.3 Å². The van der Waals surface area contributed by atoms with Crippen molar-refractivity contribution in [2.75, 3.05) is 13.4 Å². The average molecular weight is 174 g/mol. The van der Waals surface area contributed by atoms with Crippen molar-refractivity contribution in [1.82, 2.24) is 0 Å². The summed E-state index contributed by atoms with van der Waals surface area (Å²) in [5, 5.41) is 0. The zero-order chi connectivity index (χ0) is 9.61. The van der Waals surface area contributed by atoms with Crippen molar-refractivity contribution in [3.8, 4) is 0 Å². The van der Waals surface area contributed by atoms with E-state index in [9.17, 15) is 4.79 Å². The molecule has 0 aromatic rings. The Labute approximate surface area is 74.0 Å². The summed E-state index contributed by atoms with van der Waals surface area (Å²) in [5.41, 5.74) is -0.392. The zero-order valence-electron chi connectivity index (χ0n) is 8.35. The van der Waals surface area contributed by atoms with Crippen molar-refractivity contribution in [3.63, 3.8) is 0 Å². The van der Waals surface area contributed by atoms with Gasteiger partial charge in [-0.1, -0.05) is 6.92 Å². The SMILES string of the molecule is CCOCOC(=O)C(C)(C)CC. The monoisotopic (exact) mass is 174 g/mol. The molecule has 0 N–H and O–H groups in total. The van der Waals surface area contributed by atoms with E-state index in [4.69, 9.17) is 9.47 Å². The van der Waals surface area contributed by atoms with Gasteiger partial charge in [0.25, 0.3) is 0 Å². The van der Waals surface area contributed by atoms with Crippen LogP contribution in [0.1, 0.15) is 34.1 Å². The van der Waals surface area contributed by atoms with Crippen LogP contribution in [0.15, 0.2) is 0 Å². The number of carbonyl (C=O) groups excluding carboxylic acids is 1. The second kappa shape index (κ2) is 5.14. The standard InChI is InChI=1S/C9H18O3/c1-5-9(3,4)8(10)12-7-11-6-2/h5-7H2,1-4H3. The smallest absolute Gasteiger partial charge is 0.313 e. The molecule has 0 heterocycles. The summed E-state index contributed by atoms with van der Waals surface area (Å²) in [7, 11) is 0. The largest absolute Gasteiger partial charge is 0.438 e. The van der Waals surface area contributed by atoms with Gasteiger partial charge in [-0.2, -0.15) is 0 Å². The Bertz CT molecular complexity index is 141. The highest BCUT2D eigenvalue weighted by atomic mass is 16.7. The van der Waals surface area contributed by atoms with Gasteiger partial charge in [-0.05, 0) is 27.2 Å². The van der Waals surface area contributed by atoms with Gasteiger partial charge >= 0.3 is 5.97 Å². The van der Waals surface area contributed by atoms with Crippen molar-refractivity contribution in [1.29, 1.82) is 0 Å². The van der Waals surface area contributed by atoms with Gasteiger partial charge in [-0.25, -0.2) is 0 Å². The van der Waals surface area contributed by atoms with Crippen LogP contribution >= 0.6 is 0 Å². The molecule has 0 amide bonds. The predicted molar refractivity (Wildman–Crippen MR) is 46.7 cm³/mol. The molecular formula is C9H18O3. The number of esters is 1. The molecule has 0 aromatic carbocycles. The Morgan fingerprint density at radius 3 is 2.33 bits per heavy atom. The number of hydrogen-bond acceptors (Lipinski definition) is 3. The van der Waals surface area contributed by atoms with E-state index in [-0.39, 0.29) is 12.8 Å². The summed E-state index contributed by atoms with van der Waals surface area (Å²) >= 11 is 0. The van der Waals surface area contributed by atoms with E-state index in [1.54, 1.807) is 0 Å². The predicted octanol–water partition coefficient (Wildman–Crippen LogP) is 1.96. The van der Waals surface area contributed by atoms with Gasteiger partial charge in [-0.15, -0.1) is 0 Å². The average Bonchev–Trinajstić information content (AvgIpc) is 2.05. The normalized spacial score (nSPS) is 11.3. The summed E-state index contributed by atoms with van der Waals surface area (Å²) in [6.45, 7) is 8.18. The Morgan fingerprint density at radius 1 is 1.33 bits per heavy atom. The molecule has 0 aliphatic rings. The topological polar surface area (TPSA) is 35.5 Å². The highest BCUT2D eigenvalue weighted by Gasteiger charge is 2.26. The first-order valence-electron chi connectivity index (χ1n) is 4.29. The molecule has 0 saturated carbocycles. The summed E-state index contributed by atoms with van der Waals surface area (Å²) in [6.07, 6.45) is 0.776. The maximum Gasteiger partial charge on any atom is 0.313 e. The van der Waals surface area contributed by atoms with Gasteiger partial charge in [-0.3, -0.25) is 4.79 Å². The second-order valence-corrected chi connectivity index (χ2v) is 3.28. The molecule has 0 aliphatic heterocycles. The molecule has 72 valence electrons. The summed E-state index contributed by atoms with van der Waals surface area (Å²) in [5.74, 6) is -0.196. The van der Waals surface area contributed by atoms with E-state index in [0.29, 0.717) is 6.61 Å². The van der Waals surface area contributed by atoms with Gasteiger partial charge in [0.1, 0.15) is 0 Å². The number of carbonyl (C=O) groups is 1. The third kappa shape index (κ3) is 3.72. The van der Waals surface area contributed by atoms with Gasteiger partial charge < -0.3 is 9.47 Å². The fourth-order valence-corrected chi connectivity index (χ4v) is 0.518. The lowest BCUT2D eigenvalue weighted by Gasteiger charge is -2.19. The van der Waals surface area contributed by atoms with Crippen LogP contribution in [0, 0.1) is 5.41 Å². The molecule has 0 atom stereocenters. The maximum atomic E-state index is 11.3. The summed E-state index contributed by atoms with van der Waals surface area (Å²) in [6, 6.07) is 0. The van der Waals surface area contributed by atoms with E-state index < -0.39 is 5.41 Å². The van der Waals surface area contributed by atoms with Gasteiger partial charge in [0.15, 0.2) is 6.79 Å². The molecule has 12 heavy (non-hydrogen) atoms. The van der Waals surface area contributed by atoms with E-state index in [1.807, 2.05) is 27.7 Å². The molecule has 3 nitrogen and oxygen atoms in total. The molecule has 0 fully saturated rings. The highest BCUT2D eigenvalue weighted by Crippen LogP contribution is 2.21. The van der Waals surface area contributed by atoms with Gasteiger partial charge in [0.05, 0.1) is 5.41 Å². The molecule has 0 saturated heterocycles. The molecule has 0 spiro atoms. The quantitative estimate of drug-likeness (QED) is 0.363. The van der Waals surface area contributed by atoms with Crippen LogP contribution in [0.3, 0.4) is 0 Å². The lowest BCUT2D eigenvalue weighted by atomic mass is 9.91. The fraction of sp³-hybridized carbons (Fsp3) is 0.889. The fourth-order valence-electron chi connectivity index (χ4n) is 0.518. The Morgan fingerprint density at radius 2 is 1.92 bits per heavy atom. The first-order chi connectivity index (χ1) is 5.54. The van der Waals surface area contributed by atoms with E-state index in [0.717, 1.165) is 6.42 Å². The van der Waals surface area contributed by atoms with Crippen molar-refractivity contribution in [2.24, 2.45) is 5.41 Å². The number of rotatable bonds is 5. The molecule has 0 aliphatic carbocycles. The maximum absolute atomic E-state index is 11.3. The molecule has 0 bridgehead atoms. The zero-order valence-corrected chi connectivity index (χ0v) is 8.35. The molecule has 0 radical (unpaired) electrons.